The van der Waals surface area contributed by atoms with Crippen molar-refractivity contribution in [3.63, 3.8) is 0 Å². The molecule has 1 aliphatic rings. The summed E-state index contributed by atoms with van der Waals surface area (Å²) in [5.41, 5.74) is 1.03. The number of hydrogen-bond donors (Lipinski definition) is 0. The zero-order valence-electron chi connectivity index (χ0n) is 6.86. The lowest BCUT2D eigenvalue weighted by Gasteiger charge is -1.84. The first-order valence-corrected chi connectivity index (χ1v) is 3.68. The summed E-state index contributed by atoms with van der Waals surface area (Å²) in [6.07, 6.45) is 9.64. The standard InChI is InChI=1S/C9H12N2/c1-8-6-9(11-7-8)4-3-5-10-2/h3-8H,1-2H3/b4-3-,10-5-. The minimum Gasteiger partial charge on any atom is -0.297 e. The number of allylic oxidation sites excluding steroid dienone is 3. The molecule has 58 valence electrons. The van der Waals surface area contributed by atoms with Gasteiger partial charge in [0.2, 0.25) is 0 Å². The third-order valence-corrected chi connectivity index (χ3v) is 1.39. The van der Waals surface area contributed by atoms with Crippen LogP contribution in [0.15, 0.2) is 33.9 Å². The lowest BCUT2D eigenvalue weighted by atomic mass is 10.2. The zero-order chi connectivity index (χ0) is 8.10. The van der Waals surface area contributed by atoms with Crippen LogP contribution in [0.25, 0.3) is 0 Å². The zero-order valence-corrected chi connectivity index (χ0v) is 6.86. The Kier molecular flexibility index (Phi) is 2.78. The molecule has 0 spiro atoms. The second-order valence-electron chi connectivity index (χ2n) is 2.50. The highest BCUT2D eigenvalue weighted by Gasteiger charge is 2.00. The van der Waals surface area contributed by atoms with Crippen molar-refractivity contribution >= 4 is 12.4 Å². The van der Waals surface area contributed by atoms with Gasteiger partial charge in [-0.25, -0.2) is 0 Å². The van der Waals surface area contributed by atoms with Crippen LogP contribution in [0.1, 0.15) is 6.92 Å². The Hall–Kier alpha value is -1.18. The van der Waals surface area contributed by atoms with Crippen molar-refractivity contribution in [2.45, 2.75) is 6.92 Å². The van der Waals surface area contributed by atoms with Crippen molar-refractivity contribution in [2.24, 2.45) is 15.9 Å². The molecule has 11 heavy (non-hydrogen) atoms. The summed E-state index contributed by atoms with van der Waals surface area (Å²) in [5, 5.41) is 0. The van der Waals surface area contributed by atoms with Gasteiger partial charge in [-0.3, -0.25) is 9.98 Å². The molecule has 0 bridgehead atoms. The predicted octanol–water partition coefficient (Wildman–Crippen LogP) is 1.85. The van der Waals surface area contributed by atoms with E-state index in [0.29, 0.717) is 5.92 Å². The monoisotopic (exact) mass is 148 g/mol. The molecule has 0 N–H and O–H groups in total. The summed E-state index contributed by atoms with van der Waals surface area (Å²) in [5.74, 6) is 0.480. The van der Waals surface area contributed by atoms with Crippen molar-refractivity contribution in [2.75, 3.05) is 7.05 Å². The molecular weight excluding hydrogens is 136 g/mol. The van der Waals surface area contributed by atoms with Crippen LogP contribution in [0.4, 0.5) is 0 Å². The lowest BCUT2D eigenvalue weighted by molar-refractivity contribution is 1.05. The van der Waals surface area contributed by atoms with E-state index in [0.717, 1.165) is 5.70 Å². The molecule has 0 saturated heterocycles. The van der Waals surface area contributed by atoms with E-state index in [-0.39, 0.29) is 0 Å². The van der Waals surface area contributed by atoms with E-state index in [1.165, 1.54) is 0 Å². The molecule has 1 unspecified atom stereocenters. The van der Waals surface area contributed by atoms with E-state index in [9.17, 15) is 0 Å². The Bertz CT molecular complexity index is 234. The van der Waals surface area contributed by atoms with Gasteiger partial charge in [0.25, 0.3) is 0 Å². The van der Waals surface area contributed by atoms with Crippen LogP contribution in [-0.4, -0.2) is 19.5 Å². The molecule has 0 fully saturated rings. The molecule has 1 heterocycles. The smallest absolute Gasteiger partial charge is 0.0593 e. The summed E-state index contributed by atoms with van der Waals surface area (Å²) in [4.78, 5) is 8.00. The van der Waals surface area contributed by atoms with Gasteiger partial charge in [-0.1, -0.05) is 13.0 Å². The quantitative estimate of drug-likeness (QED) is 0.534. The Balaban J connectivity index is 2.51. The number of rotatable bonds is 2. The van der Waals surface area contributed by atoms with Crippen molar-refractivity contribution in [1.29, 1.82) is 0 Å². The Morgan fingerprint density at radius 1 is 1.64 bits per heavy atom. The maximum Gasteiger partial charge on any atom is 0.0593 e. The Morgan fingerprint density at radius 2 is 2.45 bits per heavy atom. The predicted molar refractivity (Wildman–Crippen MR) is 49.3 cm³/mol. The number of hydrogen-bond acceptors (Lipinski definition) is 2. The fourth-order valence-corrected chi connectivity index (χ4v) is 0.885. The van der Waals surface area contributed by atoms with Crippen LogP contribution in [-0.2, 0) is 0 Å². The van der Waals surface area contributed by atoms with E-state index >= 15 is 0 Å². The Labute approximate surface area is 67.1 Å². The summed E-state index contributed by atoms with van der Waals surface area (Å²) in [6.45, 7) is 2.11. The average Bonchev–Trinajstić information content (AvgIpc) is 2.37. The molecule has 2 heteroatoms. The highest BCUT2D eigenvalue weighted by atomic mass is 14.7. The van der Waals surface area contributed by atoms with Crippen molar-refractivity contribution in [3.8, 4) is 0 Å². The SMILES string of the molecule is C/N=C\C=C/C1=CC(C)C=N1. The van der Waals surface area contributed by atoms with Crippen LogP contribution < -0.4 is 0 Å². The minimum absolute atomic E-state index is 0.480. The van der Waals surface area contributed by atoms with E-state index in [1.807, 2.05) is 18.4 Å². The van der Waals surface area contributed by atoms with Crippen LogP contribution in [0.2, 0.25) is 0 Å². The average molecular weight is 148 g/mol. The van der Waals surface area contributed by atoms with E-state index < -0.39 is 0 Å². The van der Waals surface area contributed by atoms with Gasteiger partial charge >= 0.3 is 0 Å². The third-order valence-electron chi connectivity index (χ3n) is 1.39. The molecule has 0 aromatic heterocycles. The molecular formula is C9H12N2. The molecule has 1 rings (SSSR count). The van der Waals surface area contributed by atoms with E-state index in [2.05, 4.69) is 23.0 Å². The van der Waals surface area contributed by atoms with E-state index in [4.69, 9.17) is 0 Å². The maximum absolute atomic E-state index is 4.18. The van der Waals surface area contributed by atoms with Crippen LogP contribution in [0, 0.1) is 5.92 Å². The molecule has 0 saturated carbocycles. The minimum atomic E-state index is 0.480. The molecule has 1 aliphatic heterocycles. The second-order valence-corrected chi connectivity index (χ2v) is 2.50. The molecule has 0 radical (unpaired) electrons. The van der Waals surface area contributed by atoms with Gasteiger partial charge in [-0.15, -0.1) is 0 Å². The largest absolute Gasteiger partial charge is 0.297 e. The van der Waals surface area contributed by atoms with Gasteiger partial charge in [0, 0.05) is 25.4 Å². The highest BCUT2D eigenvalue weighted by molar-refractivity contribution is 5.73. The molecule has 0 aromatic rings. The highest BCUT2D eigenvalue weighted by Crippen LogP contribution is 2.11. The fourth-order valence-electron chi connectivity index (χ4n) is 0.885. The number of nitrogens with zero attached hydrogens (tertiary/aromatic N) is 2. The summed E-state index contributed by atoms with van der Waals surface area (Å²) in [7, 11) is 1.75. The van der Waals surface area contributed by atoms with Gasteiger partial charge < -0.3 is 0 Å². The first kappa shape index (κ1) is 7.92. The van der Waals surface area contributed by atoms with Gasteiger partial charge in [-0.05, 0) is 12.2 Å². The van der Waals surface area contributed by atoms with Gasteiger partial charge in [0.1, 0.15) is 0 Å². The van der Waals surface area contributed by atoms with Crippen molar-refractivity contribution in [3.05, 3.63) is 23.9 Å². The second kappa shape index (κ2) is 3.86. The van der Waals surface area contributed by atoms with Crippen molar-refractivity contribution < 1.29 is 0 Å². The summed E-state index contributed by atoms with van der Waals surface area (Å²) < 4.78 is 0. The summed E-state index contributed by atoms with van der Waals surface area (Å²) >= 11 is 0. The lowest BCUT2D eigenvalue weighted by Crippen LogP contribution is -1.81. The Morgan fingerprint density at radius 3 is 3.00 bits per heavy atom. The van der Waals surface area contributed by atoms with Gasteiger partial charge in [0.05, 0.1) is 5.70 Å². The van der Waals surface area contributed by atoms with Crippen molar-refractivity contribution in [1.82, 2.24) is 0 Å². The molecule has 1 atom stereocenters. The van der Waals surface area contributed by atoms with Gasteiger partial charge in [-0.2, -0.15) is 0 Å². The van der Waals surface area contributed by atoms with Crippen LogP contribution in [0.3, 0.4) is 0 Å². The molecule has 0 amide bonds. The maximum atomic E-state index is 4.18. The molecule has 0 aromatic carbocycles. The normalized spacial score (nSPS) is 23.8. The first-order valence-electron chi connectivity index (χ1n) is 3.68. The summed E-state index contributed by atoms with van der Waals surface area (Å²) in [6, 6.07) is 0. The first-order chi connectivity index (χ1) is 5.33. The topological polar surface area (TPSA) is 24.7 Å². The van der Waals surface area contributed by atoms with E-state index in [1.54, 1.807) is 13.3 Å². The van der Waals surface area contributed by atoms with Crippen LogP contribution in [0.5, 0.6) is 0 Å². The molecule has 0 aliphatic carbocycles. The number of aliphatic imine (C=N–C) groups is 2. The van der Waals surface area contributed by atoms with Gasteiger partial charge in [0.15, 0.2) is 0 Å². The molecule has 2 nitrogen and oxygen atoms in total. The fraction of sp³-hybridized carbons (Fsp3) is 0.333. The third kappa shape index (κ3) is 2.50. The van der Waals surface area contributed by atoms with Crippen LogP contribution >= 0.6 is 0 Å².